The third-order valence-corrected chi connectivity index (χ3v) is 7.06. The molecule has 0 spiro atoms. The number of carbonyl (C=O) groups excluding carboxylic acids is 2. The molecule has 2 heterocycles. The number of ether oxygens (including phenoxy) is 2. The summed E-state index contributed by atoms with van der Waals surface area (Å²) < 4.78 is 11.3. The van der Waals surface area contributed by atoms with Gasteiger partial charge in [-0.2, -0.15) is 0 Å². The molecule has 2 fully saturated rings. The first-order valence-electron chi connectivity index (χ1n) is 11.8. The van der Waals surface area contributed by atoms with Crippen molar-refractivity contribution in [1.29, 1.82) is 0 Å². The van der Waals surface area contributed by atoms with Gasteiger partial charge in [0.2, 0.25) is 0 Å². The van der Waals surface area contributed by atoms with Gasteiger partial charge in [-0.3, -0.25) is 9.59 Å². The molecule has 2 amide bonds. The van der Waals surface area contributed by atoms with Crippen molar-refractivity contribution in [3.8, 4) is 11.1 Å². The van der Waals surface area contributed by atoms with E-state index < -0.39 is 30.1 Å². The summed E-state index contributed by atoms with van der Waals surface area (Å²) in [4.78, 5) is 38.6. The first-order valence-corrected chi connectivity index (χ1v) is 11.8. The standard InChI is InChI=1S/C26H28N2O6/c29-24(28-12-5-6-16(14-28)25(30)31)23-22(11-13-33-23)27-26(32)34-15-21-19-9-3-1-7-17(19)18-8-2-4-10-20(18)21/h1-4,7-10,16,21-23H,5-6,11-15H2,(H,27,32)(H,30,31). The van der Waals surface area contributed by atoms with Crippen LogP contribution in [0.1, 0.15) is 36.3 Å². The molecule has 2 aliphatic heterocycles. The van der Waals surface area contributed by atoms with Crippen LogP contribution in [0.15, 0.2) is 48.5 Å². The van der Waals surface area contributed by atoms with Gasteiger partial charge in [-0.25, -0.2) is 4.79 Å². The Labute approximate surface area is 197 Å². The van der Waals surface area contributed by atoms with Crippen molar-refractivity contribution in [2.24, 2.45) is 5.92 Å². The molecule has 3 aliphatic rings. The zero-order valence-electron chi connectivity index (χ0n) is 18.8. The highest BCUT2D eigenvalue weighted by Crippen LogP contribution is 2.44. The number of carboxylic acid groups (broad SMARTS) is 1. The molecule has 2 aromatic rings. The van der Waals surface area contributed by atoms with Gasteiger partial charge in [-0.05, 0) is 41.5 Å². The Bertz CT molecular complexity index is 1060. The number of hydrogen-bond donors (Lipinski definition) is 2. The van der Waals surface area contributed by atoms with Gasteiger partial charge in [0.05, 0.1) is 12.0 Å². The van der Waals surface area contributed by atoms with E-state index in [-0.39, 0.29) is 25.0 Å². The number of aliphatic carboxylic acids is 1. The van der Waals surface area contributed by atoms with E-state index in [1.165, 1.54) is 0 Å². The van der Waals surface area contributed by atoms with Gasteiger partial charge in [-0.1, -0.05) is 48.5 Å². The largest absolute Gasteiger partial charge is 0.481 e. The maximum absolute atomic E-state index is 13.0. The van der Waals surface area contributed by atoms with E-state index >= 15 is 0 Å². The minimum atomic E-state index is -0.891. The average molecular weight is 465 g/mol. The molecule has 8 nitrogen and oxygen atoms in total. The van der Waals surface area contributed by atoms with E-state index in [1.54, 1.807) is 4.90 Å². The summed E-state index contributed by atoms with van der Waals surface area (Å²) >= 11 is 0. The number of fused-ring (bicyclic) bond motifs is 3. The molecule has 0 aromatic heterocycles. The summed E-state index contributed by atoms with van der Waals surface area (Å²) in [6.45, 7) is 1.21. The lowest BCUT2D eigenvalue weighted by Gasteiger charge is -2.33. The Morgan fingerprint density at radius 3 is 2.38 bits per heavy atom. The number of likely N-dealkylation sites (tertiary alicyclic amines) is 1. The summed E-state index contributed by atoms with van der Waals surface area (Å²) in [7, 11) is 0. The lowest BCUT2D eigenvalue weighted by molar-refractivity contribution is -0.149. The third kappa shape index (κ3) is 4.25. The highest BCUT2D eigenvalue weighted by Gasteiger charge is 2.40. The van der Waals surface area contributed by atoms with E-state index in [0.29, 0.717) is 32.4 Å². The lowest BCUT2D eigenvalue weighted by atomic mass is 9.97. The highest BCUT2D eigenvalue weighted by molar-refractivity contribution is 5.84. The number of nitrogens with one attached hydrogen (secondary N) is 1. The van der Waals surface area contributed by atoms with Gasteiger partial charge in [-0.15, -0.1) is 0 Å². The molecular weight excluding hydrogens is 436 g/mol. The van der Waals surface area contributed by atoms with Gasteiger partial charge in [0.25, 0.3) is 5.91 Å². The number of benzene rings is 2. The van der Waals surface area contributed by atoms with Gasteiger partial charge in [0.1, 0.15) is 6.61 Å². The highest BCUT2D eigenvalue weighted by atomic mass is 16.6. The van der Waals surface area contributed by atoms with E-state index in [2.05, 4.69) is 29.6 Å². The molecule has 0 bridgehead atoms. The molecule has 2 aromatic carbocycles. The molecule has 3 unspecified atom stereocenters. The van der Waals surface area contributed by atoms with Crippen molar-refractivity contribution in [2.45, 2.75) is 37.3 Å². The number of nitrogens with zero attached hydrogens (tertiary/aromatic N) is 1. The molecule has 5 rings (SSSR count). The van der Waals surface area contributed by atoms with E-state index in [0.717, 1.165) is 22.3 Å². The van der Waals surface area contributed by atoms with Crippen LogP contribution >= 0.6 is 0 Å². The van der Waals surface area contributed by atoms with Crippen molar-refractivity contribution in [3.63, 3.8) is 0 Å². The number of carboxylic acids is 1. The fraction of sp³-hybridized carbons (Fsp3) is 0.423. The number of rotatable bonds is 5. The molecule has 2 saturated heterocycles. The van der Waals surface area contributed by atoms with Crippen LogP contribution in [0.3, 0.4) is 0 Å². The van der Waals surface area contributed by atoms with Crippen LogP contribution in [0.2, 0.25) is 0 Å². The summed E-state index contributed by atoms with van der Waals surface area (Å²) in [6, 6.07) is 15.7. The Morgan fingerprint density at radius 1 is 1.03 bits per heavy atom. The van der Waals surface area contributed by atoms with Crippen LogP contribution in [-0.2, 0) is 19.1 Å². The van der Waals surface area contributed by atoms with Crippen LogP contribution in [0, 0.1) is 5.92 Å². The van der Waals surface area contributed by atoms with Crippen molar-refractivity contribution < 1.29 is 29.0 Å². The van der Waals surface area contributed by atoms with Crippen LogP contribution in [0.25, 0.3) is 11.1 Å². The minimum absolute atomic E-state index is 0.0447. The van der Waals surface area contributed by atoms with Crippen molar-refractivity contribution in [2.75, 3.05) is 26.3 Å². The second kappa shape index (κ2) is 9.46. The average Bonchev–Trinajstić information content (AvgIpc) is 3.44. The van der Waals surface area contributed by atoms with Gasteiger partial charge in [0, 0.05) is 25.6 Å². The molecule has 2 N–H and O–H groups in total. The molecule has 178 valence electrons. The topological polar surface area (TPSA) is 105 Å². The summed E-state index contributed by atoms with van der Waals surface area (Å²) in [5, 5.41) is 12.1. The molecule has 1 aliphatic carbocycles. The van der Waals surface area contributed by atoms with E-state index in [1.807, 2.05) is 24.3 Å². The van der Waals surface area contributed by atoms with Crippen LogP contribution in [0.5, 0.6) is 0 Å². The van der Waals surface area contributed by atoms with Crippen molar-refractivity contribution in [3.05, 3.63) is 59.7 Å². The predicted molar refractivity (Wildman–Crippen MR) is 123 cm³/mol. The fourth-order valence-corrected chi connectivity index (χ4v) is 5.33. The van der Waals surface area contributed by atoms with Crippen molar-refractivity contribution in [1.82, 2.24) is 10.2 Å². The van der Waals surface area contributed by atoms with Crippen LogP contribution < -0.4 is 5.32 Å². The zero-order valence-corrected chi connectivity index (χ0v) is 18.8. The number of piperidine rings is 1. The van der Waals surface area contributed by atoms with Crippen LogP contribution in [-0.4, -0.2) is 66.4 Å². The van der Waals surface area contributed by atoms with Gasteiger partial charge < -0.3 is 24.8 Å². The monoisotopic (exact) mass is 464 g/mol. The van der Waals surface area contributed by atoms with Gasteiger partial charge >= 0.3 is 12.1 Å². The maximum atomic E-state index is 13.0. The number of amides is 2. The smallest absolute Gasteiger partial charge is 0.407 e. The Balaban J connectivity index is 1.20. The molecule has 3 atom stereocenters. The number of alkyl carbamates (subject to hydrolysis) is 1. The first-order chi connectivity index (χ1) is 16.5. The minimum Gasteiger partial charge on any atom is -0.481 e. The molecule has 34 heavy (non-hydrogen) atoms. The van der Waals surface area contributed by atoms with Crippen molar-refractivity contribution >= 4 is 18.0 Å². The normalized spacial score (nSPS) is 23.8. The van der Waals surface area contributed by atoms with Gasteiger partial charge in [0.15, 0.2) is 6.10 Å². The predicted octanol–water partition coefficient (Wildman–Crippen LogP) is 3.01. The SMILES string of the molecule is O=C(NC1CCOC1C(=O)N1CCCC(C(=O)O)C1)OCC1c2ccccc2-c2ccccc21. The summed E-state index contributed by atoms with van der Waals surface area (Å²) in [6.07, 6.45) is 0.285. The Morgan fingerprint density at radius 2 is 1.71 bits per heavy atom. The lowest BCUT2D eigenvalue weighted by Crippen LogP contribution is -2.52. The first kappa shape index (κ1) is 22.4. The maximum Gasteiger partial charge on any atom is 0.407 e. The zero-order chi connectivity index (χ0) is 23.7. The molecule has 0 radical (unpaired) electrons. The number of carbonyl (C=O) groups is 3. The van der Waals surface area contributed by atoms with E-state index in [4.69, 9.17) is 9.47 Å². The van der Waals surface area contributed by atoms with E-state index in [9.17, 15) is 19.5 Å². The molecular formula is C26H28N2O6. The summed E-state index contributed by atoms with van der Waals surface area (Å²) in [5.41, 5.74) is 4.57. The summed E-state index contributed by atoms with van der Waals surface area (Å²) in [5.74, 6) is -1.77. The quantitative estimate of drug-likeness (QED) is 0.705. The Hall–Kier alpha value is -3.39. The second-order valence-corrected chi connectivity index (χ2v) is 9.12. The molecule has 8 heteroatoms. The second-order valence-electron chi connectivity index (χ2n) is 9.12. The fourth-order valence-electron chi connectivity index (χ4n) is 5.33. The Kier molecular flexibility index (Phi) is 6.24. The molecule has 0 saturated carbocycles. The number of hydrogen-bond acceptors (Lipinski definition) is 5. The van der Waals surface area contributed by atoms with Crippen LogP contribution in [0.4, 0.5) is 4.79 Å². The third-order valence-electron chi connectivity index (χ3n) is 7.06.